The first kappa shape index (κ1) is 10.3. The van der Waals surface area contributed by atoms with Gasteiger partial charge in [0.2, 0.25) is 0 Å². The Labute approximate surface area is 90.4 Å². The molecule has 0 amide bonds. The first-order valence-corrected chi connectivity index (χ1v) is 5.21. The van der Waals surface area contributed by atoms with E-state index in [-0.39, 0.29) is 0 Å². The summed E-state index contributed by atoms with van der Waals surface area (Å²) in [7, 11) is 3.39. The molecule has 1 unspecified atom stereocenters. The van der Waals surface area contributed by atoms with Gasteiger partial charge in [0, 0.05) is 24.7 Å². The van der Waals surface area contributed by atoms with Crippen molar-refractivity contribution < 1.29 is 9.47 Å². The zero-order valence-corrected chi connectivity index (χ0v) is 9.46. The molecule has 0 aliphatic carbocycles. The molecular formula is C12H17NO2. The van der Waals surface area contributed by atoms with Crippen LogP contribution in [0, 0.1) is 0 Å². The summed E-state index contributed by atoms with van der Waals surface area (Å²) in [6.07, 6.45) is 0. The van der Waals surface area contributed by atoms with Gasteiger partial charge in [-0.3, -0.25) is 0 Å². The van der Waals surface area contributed by atoms with Crippen LogP contribution >= 0.6 is 0 Å². The maximum absolute atomic E-state index is 5.42. The molecule has 0 saturated carbocycles. The Bertz CT molecular complexity index is 346. The maximum Gasteiger partial charge on any atom is 0.126 e. The van der Waals surface area contributed by atoms with E-state index in [9.17, 15) is 0 Å². The van der Waals surface area contributed by atoms with Crippen LogP contribution < -0.4 is 14.8 Å². The molecule has 0 bridgehead atoms. The van der Waals surface area contributed by atoms with Crippen molar-refractivity contribution in [1.82, 2.24) is 5.32 Å². The lowest BCUT2D eigenvalue weighted by Crippen LogP contribution is -2.27. The molecule has 1 heterocycles. The number of benzene rings is 1. The van der Waals surface area contributed by atoms with Gasteiger partial charge >= 0.3 is 0 Å². The summed E-state index contributed by atoms with van der Waals surface area (Å²) in [4.78, 5) is 0. The molecule has 0 spiro atoms. The van der Waals surface area contributed by atoms with Gasteiger partial charge in [-0.1, -0.05) is 6.92 Å². The van der Waals surface area contributed by atoms with Crippen LogP contribution in [0.3, 0.4) is 0 Å². The van der Waals surface area contributed by atoms with Gasteiger partial charge in [0.15, 0.2) is 0 Å². The molecule has 3 nitrogen and oxygen atoms in total. The fourth-order valence-corrected chi connectivity index (χ4v) is 2.17. The third-order valence-corrected chi connectivity index (χ3v) is 2.92. The number of nitrogens with one attached hydrogen (secondary N) is 1. The Kier molecular flexibility index (Phi) is 2.82. The van der Waals surface area contributed by atoms with E-state index in [0.29, 0.717) is 5.92 Å². The minimum Gasteiger partial charge on any atom is -0.497 e. The molecule has 0 saturated heterocycles. The Balaban J connectivity index is 2.52. The van der Waals surface area contributed by atoms with Crippen molar-refractivity contribution in [3.8, 4) is 11.5 Å². The van der Waals surface area contributed by atoms with E-state index in [1.165, 1.54) is 11.1 Å². The molecule has 15 heavy (non-hydrogen) atoms. The lowest BCUT2D eigenvalue weighted by atomic mass is 9.91. The standard InChI is InChI=1S/C12H17NO2/c1-8-6-13-7-9-4-10(14-2)5-11(15-3)12(8)9/h4-5,8,13H,6-7H2,1-3H3. The summed E-state index contributed by atoms with van der Waals surface area (Å²) in [5.74, 6) is 2.30. The van der Waals surface area contributed by atoms with Gasteiger partial charge in [-0.15, -0.1) is 0 Å². The first-order chi connectivity index (χ1) is 7.26. The SMILES string of the molecule is COc1cc2c(c(OC)c1)C(C)CNC2. The second-order valence-electron chi connectivity index (χ2n) is 3.93. The normalized spacial score (nSPS) is 19.5. The summed E-state index contributed by atoms with van der Waals surface area (Å²) in [5.41, 5.74) is 2.60. The molecule has 1 aromatic carbocycles. The van der Waals surface area contributed by atoms with Crippen LogP contribution in [0.25, 0.3) is 0 Å². The van der Waals surface area contributed by atoms with E-state index >= 15 is 0 Å². The molecule has 82 valence electrons. The van der Waals surface area contributed by atoms with Crippen molar-refractivity contribution in [2.75, 3.05) is 20.8 Å². The van der Waals surface area contributed by atoms with Gasteiger partial charge in [-0.2, -0.15) is 0 Å². The number of hydrogen-bond donors (Lipinski definition) is 1. The number of methoxy groups -OCH3 is 2. The quantitative estimate of drug-likeness (QED) is 0.803. The van der Waals surface area contributed by atoms with Crippen LogP contribution in [0.15, 0.2) is 12.1 Å². The zero-order valence-electron chi connectivity index (χ0n) is 9.46. The monoisotopic (exact) mass is 207 g/mol. The van der Waals surface area contributed by atoms with Crippen LogP contribution in [-0.2, 0) is 6.54 Å². The van der Waals surface area contributed by atoms with Crippen LogP contribution in [0.5, 0.6) is 11.5 Å². The average Bonchev–Trinajstić information content (AvgIpc) is 2.27. The number of hydrogen-bond acceptors (Lipinski definition) is 3. The predicted octanol–water partition coefficient (Wildman–Crippen LogP) is 1.91. The topological polar surface area (TPSA) is 30.5 Å². The van der Waals surface area contributed by atoms with Crippen LogP contribution in [0.1, 0.15) is 24.0 Å². The number of ether oxygens (including phenoxy) is 2. The molecule has 1 N–H and O–H groups in total. The highest BCUT2D eigenvalue weighted by atomic mass is 16.5. The van der Waals surface area contributed by atoms with Gasteiger partial charge in [0.1, 0.15) is 11.5 Å². The Morgan fingerprint density at radius 1 is 1.27 bits per heavy atom. The molecule has 1 aliphatic heterocycles. The lowest BCUT2D eigenvalue weighted by Gasteiger charge is -2.26. The Morgan fingerprint density at radius 3 is 2.73 bits per heavy atom. The molecular weight excluding hydrogens is 190 g/mol. The summed E-state index contributed by atoms with van der Waals surface area (Å²) < 4.78 is 10.7. The van der Waals surface area contributed by atoms with Crippen molar-refractivity contribution in [3.05, 3.63) is 23.3 Å². The van der Waals surface area contributed by atoms with Gasteiger partial charge < -0.3 is 14.8 Å². The van der Waals surface area contributed by atoms with E-state index in [2.05, 4.69) is 18.3 Å². The smallest absolute Gasteiger partial charge is 0.126 e. The second kappa shape index (κ2) is 4.11. The minimum absolute atomic E-state index is 0.495. The third-order valence-electron chi connectivity index (χ3n) is 2.92. The van der Waals surface area contributed by atoms with Gasteiger partial charge in [-0.25, -0.2) is 0 Å². The zero-order chi connectivity index (χ0) is 10.8. The van der Waals surface area contributed by atoms with E-state index < -0.39 is 0 Å². The van der Waals surface area contributed by atoms with Crippen LogP contribution in [0.4, 0.5) is 0 Å². The van der Waals surface area contributed by atoms with Crippen molar-refractivity contribution in [2.24, 2.45) is 0 Å². The third kappa shape index (κ3) is 1.79. The average molecular weight is 207 g/mol. The van der Waals surface area contributed by atoms with Crippen molar-refractivity contribution in [1.29, 1.82) is 0 Å². The minimum atomic E-state index is 0.495. The fraction of sp³-hybridized carbons (Fsp3) is 0.500. The highest BCUT2D eigenvalue weighted by Gasteiger charge is 2.21. The summed E-state index contributed by atoms with van der Waals surface area (Å²) in [6, 6.07) is 4.04. The molecule has 1 aromatic rings. The second-order valence-corrected chi connectivity index (χ2v) is 3.93. The van der Waals surface area contributed by atoms with Crippen LogP contribution in [-0.4, -0.2) is 20.8 Å². The van der Waals surface area contributed by atoms with E-state index in [1.54, 1.807) is 14.2 Å². The fourth-order valence-electron chi connectivity index (χ4n) is 2.17. The van der Waals surface area contributed by atoms with Crippen molar-refractivity contribution >= 4 is 0 Å². The van der Waals surface area contributed by atoms with Crippen molar-refractivity contribution in [3.63, 3.8) is 0 Å². The van der Waals surface area contributed by atoms with Crippen LogP contribution in [0.2, 0.25) is 0 Å². The molecule has 2 rings (SSSR count). The molecule has 0 radical (unpaired) electrons. The molecule has 3 heteroatoms. The highest BCUT2D eigenvalue weighted by molar-refractivity contribution is 5.49. The Hall–Kier alpha value is -1.22. The van der Waals surface area contributed by atoms with Gasteiger partial charge in [0.25, 0.3) is 0 Å². The summed E-state index contributed by atoms with van der Waals surface area (Å²) >= 11 is 0. The lowest BCUT2D eigenvalue weighted by molar-refractivity contribution is 0.383. The molecule has 1 aliphatic rings. The number of fused-ring (bicyclic) bond motifs is 1. The largest absolute Gasteiger partial charge is 0.497 e. The van der Waals surface area contributed by atoms with Gasteiger partial charge in [0.05, 0.1) is 14.2 Å². The maximum atomic E-state index is 5.42. The first-order valence-electron chi connectivity index (χ1n) is 5.21. The predicted molar refractivity (Wildman–Crippen MR) is 59.7 cm³/mol. The summed E-state index contributed by atoms with van der Waals surface area (Å²) in [5, 5.41) is 3.38. The molecule has 0 fully saturated rings. The van der Waals surface area contributed by atoms with E-state index in [4.69, 9.17) is 9.47 Å². The van der Waals surface area contributed by atoms with E-state index in [0.717, 1.165) is 24.6 Å². The Morgan fingerprint density at radius 2 is 2.07 bits per heavy atom. The summed E-state index contributed by atoms with van der Waals surface area (Å²) in [6.45, 7) is 4.11. The van der Waals surface area contributed by atoms with Gasteiger partial charge in [-0.05, 0) is 17.5 Å². The van der Waals surface area contributed by atoms with E-state index in [1.807, 2.05) is 6.07 Å². The highest BCUT2D eigenvalue weighted by Crippen LogP contribution is 2.35. The van der Waals surface area contributed by atoms with Crippen molar-refractivity contribution in [2.45, 2.75) is 19.4 Å². The number of rotatable bonds is 2. The molecule has 0 aromatic heterocycles. The molecule has 1 atom stereocenters.